The molecule has 2 N–H and O–H groups in total. The molecule has 2 aromatic heterocycles. The number of fused-ring (bicyclic) bond motifs is 1. The van der Waals surface area contributed by atoms with E-state index in [-0.39, 0.29) is 30.5 Å². The number of nitrogens with zero attached hydrogens (tertiary/aromatic N) is 3. The average Bonchev–Trinajstić information content (AvgIpc) is 3.45. The van der Waals surface area contributed by atoms with Gasteiger partial charge < -0.3 is 10.3 Å². The van der Waals surface area contributed by atoms with E-state index in [4.69, 9.17) is 5.26 Å². The maximum absolute atomic E-state index is 12.7. The first-order chi connectivity index (χ1) is 14.7. The molecule has 3 heterocycles. The standard InChI is InChI=1S/C22H27N5O3S/c1-22(2)14-27(31(29,30)12-4-3-9-23)11-8-18(22)17-13-19(26-21(28)15-5-6-15)25-20-16(17)7-10-24-20/h7-8,10,13,15H,3-6,11-12,14H2,1-2H3,(H2,24,25,26,28). The predicted molar refractivity (Wildman–Crippen MR) is 119 cm³/mol. The van der Waals surface area contributed by atoms with Crippen molar-refractivity contribution < 1.29 is 13.2 Å². The Morgan fingerprint density at radius 1 is 1.42 bits per heavy atom. The van der Waals surface area contributed by atoms with Crippen molar-refractivity contribution in [3.05, 3.63) is 30.0 Å². The molecule has 9 heteroatoms. The number of hydrogen-bond donors (Lipinski definition) is 2. The van der Waals surface area contributed by atoms with Crippen LogP contribution < -0.4 is 5.32 Å². The Morgan fingerprint density at radius 3 is 2.87 bits per heavy atom. The molecule has 0 atom stereocenters. The molecule has 164 valence electrons. The topological polar surface area (TPSA) is 119 Å². The Morgan fingerprint density at radius 2 is 2.19 bits per heavy atom. The largest absolute Gasteiger partial charge is 0.346 e. The van der Waals surface area contributed by atoms with E-state index in [1.807, 2.05) is 44.3 Å². The van der Waals surface area contributed by atoms with Gasteiger partial charge in [0, 0.05) is 42.4 Å². The number of anilines is 1. The zero-order valence-electron chi connectivity index (χ0n) is 17.8. The fourth-order valence-corrected chi connectivity index (χ4v) is 5.70. The van der Waals surface area contributed by atoms with Gasteiger partial charge in [0.2, 0.25) is 15.9 Å². The van der Waals surface area contributed by atoms with Crippen LogP contribution in [0.2, 0.25) is 0 Å². The van der Waals surface area contributed by atoms with Crippen LogP contribution in [0.5, 0.6) is 0 Å². The van der Waals surface area contributed by atoms with Gasteiger partial charge in [0.1, 0.15) is 11.5 Å². The third-order valence-corrected chi connectivity index (χ3v) is 7.77. The summed E-state index contributed by atoms with van der Waals surface area (Å²) in [5.41, 5.74) is 2.23. The van der Waals surface area contributed by atoms with Gasteiger partial charge in [-0.05, 0) is 42.5 Å². The van der Waals surface area contributed by atoms with Crippen LogP contribution in [0.3, 0.4) is 0 Å². The van der Waals surface area contributed by atoms with Gasteiger partial charge in [-0.3, -0.25) is 4.79 Å². The quantitative estimate of drug-likeness (QED) is 0.639. The summed E-state index contributed by atoms with van der Waals surface area (Å²) in [6.07, 6.45) is 6.18. The first-order valence-corrected chi connectivity index (χ1v) is 12.2. The molecule has 1 aliphatic carbocycles. The molecule has 1 fully saturated rings. The van der Waals surface area contributed by atoms with Gasteiger partial charge in [0.25, 0.3) is 0 Å². The highest BCUT2D eigenvalue weighted by Crippen LogP contribution is 2.42. The van der Waals surface area contributed by atoms with Crippen molar-refractivity contribution in [1.29, 1.82) is 5.26 Å². The number of H-pyrrole nitrogens is 1. The number of amides is 1. The lowest BCUT2D eigenvalue weighted by molar-refractivity contribution is -0.117. The maximum Gasteiger partial charge on any atom is 0.228 e. The average molecular weight is 442 g/mol. The third-order valence-electron chi connectivity index (χ3n) is 5.90. The second-order valence-electron chi connectivity index (χ2n) is 8.93. The van der Waals surface area contributed by atoms with Gasteiger partial charge >= 0.3 is 0 Å². The molecule has 2 aliphatic rings. The smallest absolute Gasteiger partial charge is 0.228 e. The van der Waals surface area contributed by atoms with E-state index in [0.717, 1.165) is 29.4 Å². The fourth-order valence-electron chi connectivity index (χ4n) is 4.11. The summed E-state index contributed by atoms with van der Waals surface area (Å²) in [6, 6.07) is 5.84. The Bertz CT molecular complexity index is 1190. The summed E-state index contributed by atoms with van der Waals surface area (Å²) < 4.78 is 27.0. The number of unbranched alkanes of at least 4 members (excludes halogenated alkanes) is 1. The summed E-state index contributed by atoms with van der Waals surface area (Å²) in [4.78, 5) is 19.9. The van der Waals surface area contributed by atoms with Crippen LogP contribution in [0.15, 0.2) is 24.4 Å². The SMILES string of the molecule is CC1(C)CN(S(=O)(=O)CCCC#N)CC=C1c1cc(NC(=O)C2CC2)nc2[nH]ccc12. The Balaban J connectivity index is 1.65. The molecule has 0 radical (unpaired) electrons. The fraction of sp³-hybridized carbons (Fsp3) is 0.500. The second-order valence-corrected chi connectivity index (χ2v) is 11.0. The summed E-state index contributed by atoms with van der Waals surface area (Å²) in [5, 5.41) is 12.6. The number of carbonyl (C=O) groups excluding carboxylic acids is 1. The highest BCUT2D eigenvalue weighted by molar-refractivity contribution is 7.89. The number of aromatic nitrogens is 2. The number of pyridine rings is 1. The Hall–Kier alpha value is -2.70. The molecule has 0 saturated heterocycles. The van der Waals surface area contributed by atoms with E-state index >= 15 is 0 Å². The lowest BCUT2D eigenvalue weighted by Gasteiger charge is -2.38. The number of aromatic amines is 1. The number of nitrogens with one attached hydrogen (secondary N) is 2. The number of hydrogen-bond acceptors (Lipinski definition) is 5. The van der Waals surface area contributed by atoms with E-state index < -0.39 is 15.4 Å². The monoisotopic (exact) mass is 441 g/mol. The van der Waals surface area contributed by atoms with Crippen LogP contribution in [-0.2, 0) is 14.8 Å². The molecule has 8 nitrogen and oxygen atoms in total. The molecule has 0 aromatic carbocycles. The van der Waals surface area contributed by atoms with Gasteiger partial charge in [-0.25, -0.2) is 13.4 Å². The van der Waals surface area contributed by atoms with E-state index in [1.54, 1.807) is 0 Å². The summed E-state index contributed by atoms with van der Waals surface area (Å²) in [7, 11) is -3.43. The van der Waals surface area contributed by atoms with Gasteiger partial charge in [-0.15, -0.1) is 0 Å². The number of nitriles is 1. The first-order valence-electron chi connectivity index (χ1n) is 10.6. The van der Waals surface area contributed by atoms with Crippen LogP contribution in [0.25, 0.3) is 16.6 Å². The van der Waals surface area contributed by atoms with Gasteiger partial charge in [-0.1, -0.05) is 19.9 Å². The van der Waals surface area contributed by atoms with Crippen molar-refractivity contribution in [1.82, 2.24) is 14.3 Å². The Kier molecular flexibility index (Phi) is 5.62. The molecule has 0 spiro atoms. The van der Waals surface area contributed by atoms with Crippen molar-refractivity contribution in [2.45, 2.75) is 39.5 Å². The van der Waals surface area contributed by atoms with Crippen molar-refractivity contribution in [2.75, 3.05) is 24.2 Å². The molecule has 1 saturated carbocycles. The molecule has 0 bridgehead atoms. The lowest BCUT2D eigenvalue weighted by Crippen LogP contribution is -2.43. The molecular formula is C22H27N5O3S. The molecular weight excluding hydrogens is 414 g/mol. The normalized spacial score (nSPS) is 19.1. The number of carbonyl (C=O) groups is 1. The highest BCUT2D eigenvalue weighted by Gasteiger charge is 2.36. The van der Waals surface area contributed by atoms with E-state index in [9.17, 15) is 13.2 Å². The van der Waals surface area contributed by atoms with Crippen LogP contribution in [-0.4, -0.2) is 47.4 Å². The first kappa shape index (κ1) is 21.5. The second kappa shape index (κ2) is 8.09. The predicted octanol–water partition coefficient (Wildman–Crippen LogP) is 3.27. The molecule has 1 amide bonds. The lowest BCUT2D eigenvalue weighted by atomic mass is 9.77. The van der Waals surface area contributed by atoms with Crippen LogP contribution in [0.1, 0.15) is 45.1 Å². The van der Waals surface area contributed by atoms with Crippen molar-refractivity contribution in [3.8, 4) is 6.07 Å². The van der Waals surface area contributed by atoms with Crippen LogP contribution in [0.4, 0.5) is 5.82 Å². The molecule has 31 heavy (non-hydrogen) atoms. The number of rotatable bonds is 7. The van der Waals surface area contributed by atoms with Gasteiger partial charge in [-0.2, -0.15) is 9.57 Å². The van der Waals surface area contributed by atoms with Gasteiger partial charge in [0.15, 0.2) is 0 Å². The summed E-state index contributed by atoms with van der Waals surface area (Å²) in [6.45, 7) is 4.69. The minimum absolute atomic E-state index is 0.00382. The third kappa shape index (κ3) is 4.50. The van der Waals surface area contributed by atoms with E-state index in [2.05, 4.69) is 15.3 Å². The van der Waals surface area contributed by atoms with E-state index in [1.165, 1.54) is 4.31 Å². The zero-order chi connectivity index (χ0) is 22.2. The minimum Gasteiger partial charge on any atom is -0.346 e. The molecule has 1 aliphatic heterocycles. The van der Waals surface area contributed by atoms with Crippen molar-refractivity contribution in [2.24, 2.45) is 11.3 Å². The molecule has 4 rings (SSSR count). The maximum atomic E-state index is 12.7. The Labute approximate surface area is 182 Å². The number of sulfonamides is 1. The minimum atomic E-state index is -3.43. The van der Waals surface area contributed by atoms with Crippen molar-refractivity contribution in [3.63, 3.8) is 0 Å². The summed E-state index contributed by atoms with van der Waals surface area (Å²) >= 11 is 0. The van der Waals surface area contributed by atoms with Crippen LogP contribution >= 0.6 is 0 Å². The zero-order valence-corrected chi connectivity index (χ0v) is 18.6. The van der Waals surface area contributed by atoms with E-state index in [0.29, 0.717) is 24.4 Å². The van der Waals surface area contributed by atoms with Crippen LogP contribution in [0, 0.1) is 22.7 Å². The molecule has 2 aromatic rings. The highest BCUT2D eigenvalue weighted by atomic mass is 32.2. The van der Waals surface area contributed by atoms with Crippen molar-refractivity contribution >= 4 is 38.4 Å². The summed E-state index contributed by atoms with van der Waals surface area (Å²) in [5.74, 6) is 0.560. The molecule has 0 unspecified atom stereocenters. The van der Waals surface area contributed by atoms with Gasteiger partial charge in [0.05, 0.1) is 11.8 Å².